The monoisotopic (exact) mass is 744 g/mol. The maximum absolute atomic E-state index is 9.39. The van der Waals surface area contributed by atoms with Crippen LogP contribution in [0.4, 0.5) is 0 Å². The third-order valence-corrected chi connectivity index (χ3v) is 6.82. The van der Waals surface area contributed by atoms with Crippen molar-refractivity contribution in [2.75, 3.05) is 39.6 Å². The van der Waals surface area contributed by atoms with E-state index in [4.69, 9.17) is 36.7 Å². The van der Waals surface area contributed by atoms with Gasteiger partial charge in [0.2, 0.25) is 0 Å². The first-order valence-electron chi connectivity index (χ1n) is 15.4. The molecule has 0 N–H and O–H groups in total. The Kier molecular flexibility index (Phi) is 59.6. The molecule has 0 spiro atoms. The van der Waals surface area contributed by atoms with Gasteiger partial charge in [0, 0.05) is 11.6 Å². The van der Waals surface area contributed by atoms with Crippen LogP contribution in [-0.4, -0.2) is 63.8 Å². The second-order valence-electron chi connectivity index (χ2n) is 8.88. The van der Waals surface area contributed by atoms with Gasteiger partial charge in [-0.3, -0.25) is 0 Å². The van der Waals surface area contributed by atoms with Crippen molar-refractivity contribution >= 4 is 41.3 Å². The van der Waals surface area contributed by atoms with Crippen molar-refractivity contribution in [1.82, 2.24) is 0 Å². The third kappa shape index (κ3) is 58.1. The summed E-state index contributed by atoms with van der Waals surface area (Å²) in [5, 5.41) is 0. The van der Waals surface area contributed by atoms with Crippen molar-refractivity contribution in [3.8, 4) is 0 Å². The summed E-state index contributed by atoms with van der Waals surface area (Å²) in [6.45, 7) is 19.7. The van der Waals surface area contributed by atoms with Crippen molar-refractivity contribution in [1.29, 1.82) is 0 Å². The molecule has 10 nitrogen and oxygen atoms in total. The van der Waals surface area contributed by atoms with Crippen molar-refractivity contribution in [2.45, 2.75) is 132 Å². The van der Waals surface area contributed by atoms with Crippen LogP contribution in [0.25, 0.3) is 0 Å². The molecule has 0 unspecified atom stereocenters. The number of rotatable bonds is 26. The Labute approximate surface area is 278 Å². The van der Waals surface area contributed by atoms with Crippen LogP contribution in [0.5, 0.6) is 0 Å². The second kappa shape index (κ2) is 48.8. The molecular formula is C30H60O10P2Ru. The Morgan fingerprint density at radius 2 is 0.581 bits per heavy atom. The van der Waals surface area contributed by atoms with Crippen molar-refractivity contribution in [3.05, 3.63) is 0 Å². The van der Waals surface area contributed by atoms with Crippen LogP contribution in [0.3, 0.4) is 0 Å². The fourth-order valence-corrected chi connectivity index (χ4v) is 4.04. The molecule has 0 amide bonds. The molecule has 13 heteroatoms. The van der Waals surface area contributed by atoms with E-state index in [9.17, 15) is 9.59 Å². The van der Waals surface area contributed by atoms with Gasteiger partial charge in [0.1, 0.15) is 0 Å². The molecule has 43 heavy (non-hydrogen) atoms. The predicted molar refractivity (Wildman–Crippen MR) is 172 cm³/mol. The van der Waals surface area contributed by atoms with Gasteiger partial charge in [0.15, 0.2) is 0 Å². The quantitative estimate of drug-likeness (QED) is 0.0280. The molecule has 0 aliphatic heterocycles. The van der Waals surface area contributed by atoms with Gasteiger partial charge >= 0.3 is 36.7 Å². The van der Waals surface area contributed by atoms with E-state index < -0.39 is 28.8 Å². The van der Waals surface area contributed by atoms with Gasteiger partial charge in [-0.25, -0.2) is 0 Å². The maximum atomic E-state index is 9.39. The summed E-state index contributed by atoms with van der Waals surface area (Å²) in [4.78, 5) is 36.8. The molecule has 0 saturated carbocycles. The molecule has 0 saturated heterocycles. The molecule has 0 heterocycles. The SMILES string of the molecule is CC(=O)[C-]=O.CC(=O)[C-]=O.CCCCOP(OCCCC)OCCCC.CCCCOP(OCCCC)OCCCC.[Ru+2]. The normalized spacial score (nSPS) is 9.91. The van der Waals surface area contributed by atoms with E-state index in [1.807, 2.05) is 0 Å². The van der Waals surface area contributed by atoms with Gasteiger partial charge < -0.3 is 46.3 Å². The maximum Gasteiger partial charge on any atom is 2.00 e. The summed E-state index contributed by atoms with van der Waals surface area (Å²) in [7, 11) is -2.19. The number of hydrogen-bond acceptors (Lipinski definition) is 10. The Hall–Kier alpha value is -0.0766. The zero-order chi connectivity index (χ0) is 32.7. The molecule has 0 fully saturated rings. The molecule has 0 aliphatic rings. The van der Waals surface area contributed by atoms with Crippen LogP contribution in [0.1, 0.15) is 132 Å². The standard InChI is InChI=1S/2C12H27O3P.2C3H3O2.Ru/c2*1-4-7-10-13-16(14-11-8-5-2)15-12-9-6-3;2*1-3(5)2-4;/h2*4-12H2,1-3H3;2*1H3;/q;;2*-1;+2. The first-order valence-corrected chi connectivity index (χ1v) is 17.6. The van der Waals surface area contributed by atoms with E-state index in [-0.39, 0.29) is 19.5 Å². The summed E-state index contributed by atoms with van der Waals surface area (Å²) in [6.07, 6.45) is 15.6. The largest absolute Gasteiger partial charge is 2.00 e. The molecule has 0 aromatic rings. The predicted octanol–water partition coefficient (Wildman–Crippen LogP) is 8.69. The van der Waals surface area contributed by atoms with Gasteiger partial charge in [0.25, 0.3) is 0 Å². The van der Waals surface area contributed by atoms with E-state index in [1.54, 1.807) is 0 Å². The number of Topliss-reactive ketones (excluding diaryl/α,β-unsaturated/α-hetero) is 2. The summed E-state index contributed by atoms with van der Waals surface area (Å²) >= 11 is 0. The first-order chi connectivity index (χ1) is 20.2. The summed E-state index contributed by atoms with van der Waals surface area (Å²) in [6, 6.07) is 0. The smallest absolute Gasteiger partial charge is 0.534 e. The molecule has 0 bridgehead atoms. The minimum atomic E-state index is -1.10. The number of carbonyl (C=O) groups is 2. The van der Waals surface area contributed by atoms with Crippen molar-refractivity contribution < 1.29 is 65.8 Å². The summed E-state index contributed by atoms with van der Waals surface area (Å²) in [5.41, 5.74) is 0. The van der Waals surface area contributed by atoms with Crippen LogP contribution in [0.15, 0.2) is 0 Å². The molecule has 0 rings (SSSR count). The van der Waals surface area contributed by atoms with Crippen LogP contribution in [0.2, 0.25) is 0 Å². The van der Waals surface area contributed by atoms with Gasteiger partial charge in [-0.15, -0.1) is 0 Å². The average Bonchev–Trinajstić information content (AvgIpc) is 2.98. The van der Waals surface area contributed by atoms with Gasteiger partial charge in [-0.05, 0) is 52.4 Å². The minimum Gasteiger partial charge on any atom is -0.534 e. The van der Waals surface area contributed by atoms with E-state index in [2.05, 4.69) is 41.5 Å². The number of ketones is 2. The zero-order valence-corrected chi connectivity index (χ0v) is 31.6. The second-order valence-corrected chi connectivity index (χ2v) is 11.3. The zero-order valence-electron chi connectivity index (χ0n) is 28.1. The van der Waals surface area contributed by atoms with Gasteiger partial charge in [-0.2, -0.15) is 12.6 Å². The number of carbonyl (C=O) groups excluding carboxylic acids is 4. The third-order valence-electron chi connectivity index (χ3n) is 4.45. The van der Waals surface area contributed by atoms with Crippen LogP contribution < -0.4 is 0 Å². The van der Waals surface area contributed by atoms with E-state index in [1.165, 1.54) is 0 Å². The first kappa shape index (κ1) is 52.5. The van der Waals surface area contributed by atoms with Crippen LogP contribution in [-0.2, 0) is 65.8 Å². The van der Waals surface area contributed by atoms with E-state index in [0.717, 1.165) is 143 Å². The molecule has 0 radical (unpaired) electrons. The molecule has 0 aromatic heterocycles. The molecular weight excluding hydrogens is 683 g/mol. The van der Waals surface area contributed by atoms with Crippen molar-refractivity contribution in [2.24, 2.45) is 0 Å². The Bertz CT molecular complexity index is 480. The minimum absolute atomic E-state index is 0. The number of hydrogen-bond donors (Lipinski definition) is 0. The topological polar surface area (TPSA) is 124 Å². The summed E-state index contributed by atoms with van der Waals surface area (Å²) < 4.78 is 33.6. The Morgan fingerprint density at radius 1 is 0.442 bits per heavy atom. The fraction of sp³-hybridized carbons (Fsp3) is 0.867. The van der Waals surface area contributed by atoms with E-state index in [0.29, 0.717) is 0 Å². The van der Waals surface area contributed by atoms with Crippen LogP contribution >= 0.6 is 17.2 Å². The molecule has 258 valence electrons. The molecule has 0 aliphatic carbocycles. The van der Waals surface area contributed by atoms with Gasteiger partial charge in [0.05, 0.1) is 39.6 Å². The molecule has 0 atom stereocenters. The summed E-state index contributed by atoms with van der Waals surface area (Å²) in [5.74, 6) is -1.10. The van der Waals surface area contributed by atoms with Gasteiger partial charge in [-0.1, -0.05) is 80.1 Å². The van der Waals surface area contributed by atoms with E-state index >= 15 is 0 Å². The molecule has 0 aromatic carbocycles. The fourth-order valence-electron chi connectivity index (χ4n) is 1.92. The average molecular weight is 744 g/mol. The Morgan fingerprint density at radius 3 is 0.674 bits per heavy atom. The van der Waals surface area contributed by atoms with Crippen molar-refractivity contribution in [3.63, 3.8) is 0 Å². The van der Waals surface area contributed by atoms with Crippen LogP contribution in [0, 0.1) is 0 Å². The Balaban J connectivity index is -0.000000167. The number of unbranched alkanes of at least 4 members (excludes halogenated alkanes) is 6.